The molecular formula is C13H21N3O3S. The Morgan fingerprint density at radius 1 is 1.35 bits per heavy atom. The third kappa shape index (κ3) is 3.56. The number of rotatable bonds is 6. The van der Waals surface area contributed by atoms with Crippen molar-refractivity contribution in [2.24, 2.45) is 11.5 Å². The van der Waals surface area contributed by atoms with E-state index in [1.54, 1.807) is 32.9 Å². The number of nitrogens with zero attached hydrogens (tertiary/aromatic N) is 1. The van der Waals surface area contributed by atoms with Gasteiger partial charge in [-0.2, -0.15) is 4.31 Å². The molecule has 0 spiro atoms. The number of carbonyl (C=O) groups is 1. The zero-order chi connectivity index (χ0) is 15.5. The Balaban J connectivity index is 3.29. The number of hydrogen-bond donors (Lipinski definition) is 2. The first-order chi connectivity index (χ1) is 9.20. The summed E-state index contributed by atoms with van der Waals surface area (Å²) in [7, 11) is -3.76. The Labute approximate surface area is 119 Å². The van der Waals surface area contributed by atoms with Gasteiger partial charge in [0, 0.05) is 12.6 Å². The van der Waals surface area contributed by atoms with Crippen LogP contribution in [0.3, 0.4) is 0 Å². The summed E-state index contributed by atoms with van der Waals surface area (Å²) in [4.78, 5) is 11.2. The molecule has 0 heterocycles. The van der Waals surface area contributed by atoms with Crippen LogP contribution in [-0.4, -0.2) is 31.2 Å². The summed E-state index contributed by atoms with van der Waals surface area (Å²) in [5, 5.41) is 0. The Bertz CT molecular complexity index is 597. The first-order valence-electron chi connectivity index (χ1n) is 6.30. The first kappa shape index (κ1) is 16.6. The normalized spacial score (nSPS) is 12.1. The Morgan fingerprint density at radius 2 is 1.95 bits per heavy atom. The molecule has 112 valence electrons. The van der Waals surface area contributed by atoms with Crippen LogP contribution in [0.5, 0.6) is 0 Å². The lowest BCUT2D eigenvalue weighted by molar-refractivity contribution is -0.118. The maximum absolute atomic E-state index is 12.6. The molecule has 1 aromatic rings. The number of sulfonamides is 1. The van der Waals surface area contributed by atoms with Crippen molar-refractivity contribution in [3.05, 3.63) is 29.3 Å². The predicted octanol–water partition coefficient (Wildman–Crippen LogP) is 0.338. The van der Waals surface area contributed by atoms with Crippen LogP contribution in [0.25, 0.3) is 0 Å². The summed E-state index contributed by atoms with van der Waals surface area (Å²) < 4.78 is 26.3. The van der Waals surface area contributed by atoms with Gasteiger partial charge in [0.15, 0.2) is 0 Å². The van der Waals surface area contributed by atoms with Gasteiger partial charge in [-0.3, -0.25) is 4.79 Å². The minimum absolute atomic E-state index is 0.171. The molecule has 20 heavy (non-hydrogen) atoms. The second-order valence-corrected chi connectivity index (χ2v) is 6.77. The summed E-state index contributed by atoms with van der Waals surface area (Å²) in [6.45, 7) is 5.11. The van der Waals surface area contributed by atoms with Crippen LogP contribution in [0.15, 0.2) is 23.1 Å². The van der Waals surface area contributed by atoms with Crippen LogP contribution in [-0.2, 0) is 21.4 Å². The third-order valence-corrected chi connectivity index (χ3v) is 5.13. The van der Waals surface area contributed by atoms with E-state index in [9.17, 15) is 13.2 Å². The van der Waals surface area contributed by atoms with E-state index in [0.29, 0.717) is 12.1 Å². The molecule has 0 fully saturated rings. The van der Waals surface area contributed by atoms with E-state index in [1.165, 1.54) is 6.07 Å². The van der Waals surface area contributed by atoms with Crippen molar-refractivity contribution >= 4 is 15.9 Å². The predicted molar refractivity (Wildman–Crippen MR) is 77.3 cm³/mol. The number of benzene rings is 1. The molecule has 0 bridgehead atoms. The largest absolute Gasteiger partial charge is 0.369 e. The van der Waals surface area contributed by atoms with Gasteiger partial charge < -0.3 is 11.5 Å². The van der Waals surface area contributed by atoms with Gasteiger partial charge in [-0.15, -0.1) is 0 Å². The van der Waals surface area contributed by atoms with Crippen molar-refractivity contribution in [1.82, 2.24) is 4.31 Å². The average Bonchev–Trinajstić information content (AvgIpc) is 2.34. The molecule has 0 atom stereocenters. The van der Waals surface area contributed by atoms with Crippen molar-refractivity contribution in [3.63, 3.8) is 0 Å². The molecule has 7 heteroatoms. The van der Waals surface area contributed by atoms with Crippen LogP contribution in [0.4, 0.5) is 0 Å². The average molecular weight is 299 g/mol. The second kappa shape index (κ2) is 6.34. The summed E-state index contributed by atoms with van der Waals surface area (Å²) >= 11 is 0. The van der Waals surface area contributed by atoms with Gasteiger partial charge in [0.2, 0.25) is 15.9 Å². The highest BCUT2D eigenvalue weighted by atomic mass is 32.2. The Morgan fingerprint density at radius 3 is 2.35 bits per heavy atom. The summed E-state index contributed by atoms with van der Waals surface area (Å²) in [6, 6.07) is 4.56. The quantitative estimate of drug-likeness (QED) is 0.789. The number of amides is 1. The molecule has 1 aromatic carbocycles. The first-order valence-corrected chi connectivity index (χ1v) is 7.74. The van der Waals surface area contributed by atoms with E-state index in [-0.39, 0.29) is 17.5 Å². The molecule has 0 saturated carbocycles. The molecule has 1 rings (SSSR count). The van der Waals surface area contributed by atoms with Crippen LogP contribution in [0.1, 0.15) is 25.0 Å². The van der Waals surface area contributed by atoms with Crippen molar-refractivity contribution in [3.8, 4) is 0 Å². The highest BCUT2D eigenvalue weighted by Crippen LogP contribution is 2.22. The fraction of sp³-hybridized carbons (Fsp3) is 0.462. The van der Waals surface area contributed by atoms with Gasteiger partial charge >= 0.3 is 0 Å². The van der Waals surface area contributed by atoms with Crippen LogP contribution in [0, 0.1) is 6.92 Å². The van der Waals surface area contributed by atoms with Gasteiger partial charge in [0.1, 0.15) is 0 Å². The zero-order valence-corrected chi connectivity index (χ0v) is 12.8. The molecule has 0 unspecified atom stereocenters. The fourth-order valence-electron chi connectivity index (χ4n) is 1.95. The smallest absolute Gasteiger partial charge is 0.244 e. The third-order valence-electron chi connectivity index (χ3n) is 2.95. The number of aryl methyl sites for hydroxylation is 1. The van der Waals surface area contributed by atoms with Crippen molar-refractivity contribution in [2.75, 3.05) is 6.54 Å². The van der Waals surface area contributed by atoms with Gasteiger partial charge in [-0.25, -0.2) is 8.42 Å². The minimum atomic E-state index is -3.76. The number of hydrogen-bond acceptors (Lipinski definition) is 4. The summed E-state index contributed by atoms with van der Waals surface area (Å²) in [5.74, 6) is -0.682. The molecule has 0 saturated heterocycles. The monoisotopic (exact) mass is 299 g/mol. The van der Waals surface area contributed by atoms with E-state index in [0.717, 1.165) is 9.87 Å². The zero-order valence-electron chi connectivity index (χ0n) is 12.0. The number of nitrogens with two attached hydrogens (primary N) is 2. The standard InChI is InChI=1S/C13H21N3O3S/c1-9(2)16(8-13(15)17)20(18,19)12-5-4-11(7-14)6-10(12)3/h4-6,9H,7-8,14H2,1-3H3,(H2,15,17). The molecular weight excluding hydrogens is 278 g/mol. The van der Waals surface area contributed by atoms with Crippen LogP contribution in [0.2, 0.25) is 0 Å². The molecule has 6 nitrogen and oxygen atoms in total. The molecule has 4 N–H and O–H groups in total. The van der Waals surface area contributed by atoms with Crippen molar-refractivity contribution in [1.29, 1.82) is 0 Å². The van der Waals surface area contributed by atoms with Crippen LogP contribution < -0.4 is 11.5 Å². The lowest BCUT2D eigenvalue weighted by Crippen LogP contribution is -2.42. The highest BCUT2D eigenvalue weighted by Gasteiger charge is 2.29. The Hall–Kier alpha value is -1.44. The van der Waals surface area contributed by atoms with Crippen molar-refractivity contribution in [2.45, 2.75) is 38.3 Å². The molecule has 1 amide bonds. The topological polar surface area (TPSA) is 106 Å². The van der Waals surface area contributed by atoms with Gasteiger partial charge in [-0.05, 0) is 38.0 Å². The lowest BCUT2D eigenvalue weighted by Gasteiger charge is -2.25. The molecule has 0 radical (unpaired) electrons. The van der Waals surface area contributed by atoms with E-state index in [1.807, 2.05) is 0 Å². The summed E-state index contributed by atoms with van der Waals surface area (Å²) in [6.07, 6.45) is 0. The van der Waals surface area contributed by atoms with Crippen molar-refractivity contribution < 1.29 is 13.2 Å². The van der Waals surface area contributed by atoms with E-state index in [2.05, 4.69) is 0 Å². The molecule has 0 aliphatic carbocycles. The maximum Gasteiger partial charge on any atom is 0.244 e. The molecule has 0 aliphatic rings. The lowest BCUT2D eigenvalue weighted by atomic mass is 10.1. The second-order valence-electron chi connectivity index (χ2n) is 4.91. The summed E-state index contributed by atoms with van der Waals surface area (Å²) in [5.41, 5.74) is 12.1. The fourth-order valence-corrected chi connectivity index (χ4v) is 3.76. The van der Waals surface area contributed by atoms with Gasteiger partial charge in [-0.1, -0.05) is 12.1 Å². The maximum atomic E-state index is 12.6. The molecule has 0 aromatic heterocycles. The van der Waals surface area contributed by atoms with Gasteiger partial charge in [0.05, 0.1) is 11.4 Å². The SMILES string of the molecule is Cc1cc(CN)ccc1S(=O)(=O)N(CC(N)=O)C(C)C. The highest BCUT2D eigenvalue weighted by molar-refractivity contribution is 7.89. The Kier molecular flexibility index (Phi) is 5.27. The van der Waals surface area contributed by atoms with Crippen LogP contribution >= 0.6 is 0 Å². The van der Waals surface area contributed by atoms with E-state index >= 15 is 0 Å². The number of primary amides is 1. The number of carbonyl (C=O) groups excluding carboxylic acids is 1. The molecule has 0 aliphatic heterocycles. The van der Waals surface area contributed by atoms with E-state index < -0.39 is 15.9 Å². The van der Waals surface area contributed by atoms with Gasteiger partial charge in [0.25, 0.3) is 0 Å². The van der Waals surface area contributed by atoms with E-state index in [4.69, 9.17) is 11.5 Å². The minimum Gasteiger partial charge on any atom is -0.369 e.